The summed E-state index contributed by atoms with van der Waals surface area (Å²) in [5.41, 5.74) is 10.5. The van der Waals surface area contributed by atoms with Crippen LogP contribution in [0.15, 0.2) is 146 Å². The fourth-order valence-corrected chi connectivity index (χ4v) is 7.28. The average Bonchev–Trinajstić information content (AvgIpc) is 3.27. The molecule has 0 bridgehead atoms. The van der Waals surface area contributed by atoms with Crippen LogP contribution in [0.1, 0.15) is 121 Å². The van der Waals surface area contributed by atoms with Gasteiger partial charge in [-0.1, -0.05) is 173 Å². The lowest BCUT2D eigenvalue weighted by molar-refractivity contribution is 0.667. The van der Waals surface area contributed by atoms with Gasteiger partial charge in [0.1, 0.15) is 0 Å². The van der Waals surface area contributed by atoms with Gasteiger partial charge < -0.3 is 0 Å². The molecule has 0 aromatic heterocycles. The van der Waals surface area contributed by atoms with Crippen LogP contribution in [0, 0.1) is 47.4 Å². The highest BCUT2D eigenvalue weighted by Crippen LogP contribution is 2.34. The summed E-state index contributed by atoms with van der Waals surface area (Å²) in [6, 6.07) is 50.8. The summed E-state index contributed by atoms with van der Waals surface area (Å²) in [5, 5.41) is 4.17. The zero-order valence-electron chi connectivity index (χ0n) is 33.9. The van der Waals surface area contributed by atoms with Crippen LogP contribution in [0.25, 0.3) is 21.5 Å². The topological polar surface area (TPSA) is 0 Å². The predicted octanol–water partition coefficient (Wildman–Crippen LogP) is 13.8. The number of unbranched alkanes of at least 4 members (excludes halogenated alkanes) is 6. The highest BCUT2D eigenvalue weighted by molar-refractivity contribution is 6.10. The van der Waals surface area contributed by atoms with Gasteiger partial charge in [-0.15, -0.1) is 0 Å². The Bertz CT molecular complexity index is 2530. The molecule has 0 unspecified atom stereocenters. The van der Waals surface area contributed by atoms with Gasteiger partial charge in [0.15, 0.2) is 0 Å². The minimum atomic E-state index is 0.940. The second-order valence-corrected chi connectivity index (χ2v) is 15.0. The largest absolute Gasteiger partial charge is 0.0654 e. The maximum Gasteiger partial charge on any atom is 0.0407 e. The van der Waals surface area contributed by atoms with Crippen LogP contribution in [0.4, 0.5) is 0 Å². The summed E-state index contributed by atoms with van der Waals surface area (Å²) in [6.45, 7) is 4.51. The van der Waals surface area contributed by atoms with E-state index in [0.717, 1.165) is 78.9 Å². The summed E-state index contributed by atoms with van der Waals surface area (Å²) < 4.78 is 0. The van der Waals surface area contributed by atoms with Gasteiger partial charge in [0.2, 0.25) is 0 Å². The molecule has 7 aromatic carbocycles. The van der Waals surface area contributed by atoms with Gasteiger partial charge in [0.25, 0.3) is 0 Å². The summed E-state index contributed by atoms with van der Waals surface area (Å²) in [5.74, 6) is 27.9. The van der Waals surface area contributed by atoms with Crippen LogP contribution in [0.3, 0.4) is 0 Å². The summed E-state index contributed by atoms with van der Waals surface area (Å²) >= 11 is 0. The maximum atomic E-state index is 3.60. The Morgan fingerprint density at radius 3 is 1.03 bits per heavy atom. The SMILES string of the molecule is CCCCCCc1ccc(C#Cc2ccc3c(C#Cc4ccccc4)c4cc(C#Cc5ccc(CCCCCC)cc5)ccc4c(C#Cc4ccccc4)c3c2)cc1. The second kappa shape index (κ2) is 20.5. The molecule has 0 heterocycles. The van der Waals surface area contributed by atoms with Crippen LogP contribution in [-0.4, -0.2) is 0 Å². The smallest absolute Gasteiger partial charge is 0.0407 e. The van der Waals surface area contributed by atoms with Crippen molar-refractivity contribution in [1.82, 2.24) is 0 Å². The summed E-state index contributed by atoms with van der Waals surface area (Å²) in [6.07, 6.45) is 12.4. The third-order valence-electron chi connectivity index (χ3n) is 10.6. The molecular weight excluding hydrogens is 697 g/mol. The van der Waals surface area contributed by atoms with E-state index in [4.69, 9.17) is 0 Å². The molecule has 0 saturated carbocycles. The fraction of sp³-hybridized carbons (Fsp3) is 0.207. The molecule has 0 spiro atoms. The van der Waals surface area contributed by atoms with E-state index >= 15 is 0 Å². The summed E-state index contributed by atoms with van der Waals surface area (Å²) in [4.78, 5) is 0. The molecule has 0 radical (unpaired) electrons. The molecule has 7 aromatic rings. The Kier molecular flexibility index (Phi) is 13.9. The van der Waals surface area contributed by atoms with E-state index in [1.165, 1.54) is 62.5 Å². The standard InChI is InChI=1S/C58H50/c1-3-5-7-11-21-47-23-27-49(28-24-47)31-33-51-37-41-55-54(40-36-46-19-15-10-16-20-46)58-44-52(34-32-50-29-25-48(26-30-50)22-12-8-6-4-2)38-42-56(58)53(57(55)43-51)39-35-45-17-13-9-14-18-45/h9-10,13-20,23-30,37-38,41-44H,3-8,11-12,21-22H2,1-2H3. The number of rotatable bonds is 10. The quantitative estimate of drug-likeness (QED) is 0.0743. The highest BCUT2D eigenvalue weighted by atomic mass is 14.2. The molecule has 282 valence electrons. The van der Waals surface area contributed by atoms with E-state index in [9.17, 15) is 0 Å². The summed E-state index contributed by atoms with van der Waals surface area (Å²) in [7, 11) is 0. The van der Waals surface area contributed by atoms with Crippen LogP contribution < -0.4 is 0 Å². The molecule has 0 nitrogen and oxygen atoms in total. The maximum absolute atomic E-state index is 3.60. The molecular formula is C58H50. The van der Waals surface area contributed by atoms with Gasteiger partial charge in [-0.05, 0) is 120 Å². The van der Waals surface area contributed by atoms with E-state index in [0.29, 0.717) is 0 Å². The third kappa shape index (κ3) is 10.8. The van der Waals surface area contributed by atoms with Gasteiger partial charge in [-0.3, -0.25) is 0 Å². The fourth-order valence-electron chi connectivity index (χ4n) is 7.28. The first kappa shape index (κ1) is 39.5. The first-order valence-electron chi connectivity index (χ1n) is 21.1. The first-order chi connectivity index (χ1) is 28.7. The Hall–Kier alpha value is -6.70. The van der Waals surface area contributed by atoms with Crippen molar-refractivity contribution in [2.75, 3.05) is 0 Å². The monoisotopic (exact) mass is 746 g/mol. The van der Waals surface area contributed by atoms with Crippen molar-refractivity contribution >= 4 is 21.5 Å². The van der Waals surface area contributed by atoms with Crippen molar-refractivity contribution < 1.29 is 0 Å². The molecule has 0 N–H and O–H groups in total. The average molecular weight is 747 g/mol. The molecule has 58 heavy (non-hydrogen) atoms. The van der Waals surface area contributed by atoms with Crippen LogP contribution >= 0.6 is 0 Å². The van der Waals surface area contributed by atoms with Gasteiger partial charge in [-0.2, -0.15) is 0 Å². The lowest BCUT2D eigenvalue weighted by atomic mass is 9.89. The van der Waals surface area contributed by atoms with E-state index in [-0.39, 0.29) is 0 Å². The van der Waals surface area contributed by atoms with Crippen molar-refractivity contribution in [3.05, 3.63) is 201 Å². The first-order valence-corrected chi connectivity index (χ1v) is 21.1. The highest BCUT2D eigenvalue weighted by Gasteiger charge is 2.14. The zero-order chi connectivity index (χ0) is 39.8. The molecule has 0 aliphatic rings. The predicted molar refractivity (Wildman–Crippen MR) is 247 cm³/mol. The van der Waals surface area contributed by atoms with Crippen molar-refractivity contribution in [2.45, 2.75) is 78.1 Å². The minimum absolute atomic E-state index is 0.940. The normalized spacial score (nSPS) is 10.4. The Balaban J connectivity index is 1.31. The third-order valence-corrected chi connectivity index (χ3v) is 10.6. The molecule has 0 aliphatic heterocycles. The van der Waals surface area contributed by atoms with Crippen LogP contribution in [0.5, 0.6) is 0 Å². The van der Waals surface area contributed by atoms with E-state index in [1.54, 1.807) is 0 Å². The lowest BCUT2D eigenvalue weighted by Crippen LogP contribution is -1.93. The molecule has 0 saturated heterocycles. The molecule has 0 heteroatoms. The van der Waals surface area contributed by atoms with Gasteiger partial charge >= 0.3 is 0 Å². The Labute approximate surface area is 346 Å². The van der Waals surface area contributed by atoms with Crippen molar-refractivity contribution in [3.63, 3.8) is 0 Å². The number of benzene rings is 7. The Morgan fingerprint density at radius 2 is 0.638 bits per heavy atom. The van der Waals surface area contributed by atoms with Gasteiger partial charge in [0, 0.05) is 55.3 Å². The molecule has 0 amide bonds. The van der Waals surface area contributed by atoms with E-state index < -0.39 is 0 Å². The van der Waals surface area contributed by atoms with E-state index in [1.807, 2.05) is 36.4 Å². The number of hydrogen-bond acceptors (Lipinski definition) is 0. The van der Waals surface area contributed by atoms with Crippen molar-refractivity contribution in [3.8, 4) is 47.4 Å². The molecule has 0 aliphatic carbocycles. The number of hydrogen-bond donors (Lipinski definition) is 0. The number of fused-ring (bicyclic) bond motifs is 2. The van der Waals surface area contributed by atoms with Gasteiger partial charge in [0.05, 0.1) is 0 Å². The molecule has 0 fully saturated rings. The number of aryl methyl sites for hydroxylation is 2. The lowest BCUT2D eigenvalue weighted by Gasteiger charge is -2.12. The van der Waals surface area contributed by atoms with E-state index in [2.05, 4.69) is 170 Å². The minimum Gasteiger partial charge on any atom is -0.0654 e. The second-order valence-electron chi connectivity index (χ2n) is 15.0. The van der Waals surface area contributed by atoms with Crippen LogP contribution in [-0.2, 0) is 12.8 Å². The van der Waals surface area contributed by atoms with Crippen molar-refractivity contribution in [2.24, 2.45) is 0 Å². The molecule has 7 rings (SSSR count). The van der Waals surface area contributed by atoms with Crippen molar-refractivity contribution in [1.29, 1.82) is 0 Å². The van der Waals surface area contributed by atoms with Gasteiger partial charge in [-0.25, -0.2) is 0 Å². The molecule has 0 atom stereocenters. The zero-order valence-corrected chi connectivity index (χ0v) is 33.9. The van der Waals surface area contributed by atoms with Crippen LogP contribution in [0.2, 0.25) is 0 Å². The Morgan fingerprint density at radius 1 is 0.293 bits per heavy atom.